The van der Waals surface area contributed by atoms with Crippen molar-refractivity contribution < 1.29 is 14.1 Å². The molecule has 7 heteroatoms. The van der Waals surface area contributed by atoms with E-state index in [1.54, 1.807) is 11.9 Å². The van der Waals surface area contributed by atoms with Crippen molar-refractivity contribution in [2.75, 3.05) is 26.7 Å². The van der Waals surface area contributed by atoms with Crippen LogP contribution in [0.15, 0.2) is 4.52 Å². The van der Waals surface area contributed by atoms with E-state index < -0.39 is 0 Å². The Morgan fingerprint density at radius 3 is 2.54 bits per heavy atom. The van der Waals surface area contributed by atoms with E-state index in [0.717, 1.165) is 30.1 Å². The van der Waals surface area contributed by atoms with Crippen molar-refractivity contribution in [2.45, 2.75) is 59.4 Å². The van der Waals surface area contributed by atoms with Gasteiger partial charge in [-0.05, 0) is 34.6 Å². The normalized spacial score (nSPS) is 23.1. The molecular formula is C17H30N4O3. The summed E-state index contributed by atoms with van der Waals surface area (Å²) in [6.07, 6.45) is 0.461. The molecule has 7 nitrogen and oxygen atoms in total. The minimum absolute atomic E-state index is 0.0868. The lowest BCUT2D eigenvalue weighted by atomic mass is 10.1. The monoisotopic (exact) mass is 338 g/mol. The molecule has 1 aromatic rings. The lowest BCUT2D eigenvalue weighted by molar-refractivity contribution is -0.0778. The summed E-state index contributed by atoms with van der Waals surface area (Å²) in [6.45, 7) is 13.0. The van der Waals surface area contributed by atoms with E-state index >= 15 is 0 Å². The van der Waals surface area contributed by atoms with Gasteiger partial charge in [-0.2, -0.15) is 0 Å². The molecule has 1 fully saturated rings. The Morgan fingerprint density at radius 2 is 2.00 bits per heavy atom. The van der Waals surface area contributed by atoms with Gasteiger partial charge in [-0.25, -0.2) is 4.79 Å². The van der Waals surface area contributed by atoms with Crippen LogP contribution in [-0.4, -0.2) is 65.9 Å². The molecule has 0 spiro atoms. The summed E-state index contributed by atoms with van der Waals surface area (Å²) >= 11 is 0. The molecule has 24 heavy (non-hydrogen) atoms. The maximum atomic E-state index is 12.3. The molecule has 2 heterocycles. The lowest BCUT2D eigenvalue weighted by Crippen LogP contribution is -2.53. The summed E-state index contributed by atoms with van der Waals surface area (Å²) in [5, 5.41) is 6.94. The fourth-order valence-electron chi connectivity index (χ4n) is 3.11. The molecule has 2 rings (SSSR count). The summed E-state index contributed by atoms with van der Waals surface area (Å²) in [5.41, 5.74) is 1.80. The molecule has 2 amide bonds. The molecule has 0 bridgehead atoms. The highest BCUT2D eigenvalue weighted by atomic mass is 16.5. The Bertz CT molecular complexity index is 531. The van der Waals surface area contributed by atoms with Crippen LogP contribution in [0.3, 0.4) is 0 Å². The molecule has 1 N–H and O–H groups in total. The second kappa shape index (κ2) is 7.98. The van der Waals surface area contributed by atoms with Crippen molar-refractivity contribution in [3.8, 4) is 0 Å². The third kappa shape index (κ3) is 4.70. The molecule has 1 saturated heterocycles. The van der Waals surface area contributed by atoms with E-state index in [4.69, 9.17) is 9.26 Å². The molecule has 0 unspecified atom stereocenters. The van der Waals surface area contributed by atoms with E-state index in [1.807, 2.05) is 13.8 Å². The highest BCUT2D eigenvalue weighted by Crippen LogP contribution is 2.15. The number of nitrogens with zero attached hydrogens (tertiary/aromatic N) is 3. The number of nitrogens with one attached hydrogen (secondary N) is 1. The predicted molar refractivity (Wildman–Crippen MR) is 91.9 cm³/mol. The molecule has 0 radical (unpaired) electrons. The molecule has 136 valence electrons. The Labute approximate surface area is 144 Å². The number of carbonyl (C=O) groups is 1. The smallest absolute Gasteiger partial charge is 0.317 e. The van der Waals surface area contributed by atoms with E-state index in [9.17, 15) is 4.79 Å². The van der Waals surface area contributed by atoms with Crippen LogP contribution in [0.25, 0.3) is 0 Å². The van der Waals surface area contributed by atoms with Crippen LogP contribution < -0.4 is 5.32 Å². The minimum atomic E-state index is -0.0868. The molecule has 3 atom stereocenters. The predicted octanol–water partition coefficient (Wildman–Crippen LogP) is 1.93. The zero-order valence-corrected chi connectivity index (χ0v) is 15.6. The third-order valence-corrected chi connectivity index (χ3v) is 4.54. The molecule has 0 aliphatic carbocycles. The van der Waals surface area contributed by atoms with Gasteiger partial charge in [0.15, 0.2) is 0 Å². The Kier molecular flexibility index (Phi) is 6.23. The zero-order chi connectivity index (χ0) is 17.9. The molecule has 0 aromatic carbocycles. The first kappa shape index (κ1) is 18.7. The standard InChI is InChI=1S/C17H30N4O3/c1-11(21-8-12(2)23-13(3)9-21)7-18-17(22)20(6)10-16-14(4)19-24-15(16)5/h11-13H,7-10H2,1-6H3,(H,18,22)/t11-,12-,13-/m0/s1. The van der Waals surface area contributed by atoms with Gasteiger partial charge in [-0.3, -0.25) is 4.90 Å². The lowest BCUT2D eigenvalue weighted by Gasteiger charge is -2.39. The molecular weight excluding hydrogens is 308 g/mol. The number of morpholine rings is 1. The summed E-state index contributed by atoms with van der Waals surface area (Å²) in [4.78, 5) is 16.4. The Morgan fingerprint density at radius 1 is 1.38 bits per heavy atom. The number of ether oxygens (including phenoxy) is 1. The van der Waals surface area contributed by atoms with E-state index in [2.05, 4.69) is 36.1 Å². The van der Waals surface area contributed by atoms with Gasteiger partial charge in [0.1, 0.15) is 5.76 Å². The number of hydrogen-bond acceptors (Lipinski definition) is 5. The topological polar surface area (TPSA) is 70.8 Å². The fraction of sp³-hybridized carbons (Fsp3) is 0.765. The van der Waals surface area contributed by atoms with Crippen LogP contribution in [0.4, 0.5) is 4.79 Å². The van der Waals surface area contributed by atoms with Crippen LogP contribution in [0.1, 0.15) is 37.8 Å². The van der Waals surface area contributed by atoms with Gasteiger partial charge in [-0.15, -0.1) is 0 Å². The second-order valence-electron chi connectivity index (χ2n) is 6.91. The summed E-state index contributed by atoms with van der Waals surface area (Å²) in [6, 6.07) is 0.187. The molecule has 1 aliphatic heterocycles. The van der Waals surface area contributed by atoms with E-state index in [1.165, 1.54) is 0 Å². The summed E-state index contributed by atoms with van der Waals surface area (Å²) in [7, 11) is 1.78. The number of hydrogen-bond donors (Lipinski definition) is 1. The van der Waals surface area contributed by atoms with Gasteiger partial charge in [0.25, 0.3) is 0 Å². The molecule has 1 aromatic heterocycles. The Hall–Kier alpha value is -1.60. The van der Waals surface area contributed by atoms with Gasteiger partial charge in [0, 0.05) is 38.3 Å². The van der Waals surface area contributed by atoms with Gasteiger partial charge >= 0.3 is 6.03 Å². The van der Waals surface area contributed by atoms with E-state index in [-0.39, 0.29) is 24.3 Å². The SMILES string of the molecule is Cc1noc(C)c1CN(C)C(=O)NC[C@H](C)N1C[C@H](C)O[C@@H](C)C1. The van der Waals surface area contributed by atoms with Crippen LogP contribution >= 0.6 is 0 Å². The number of carbonyl (C=O) groups excluding carboxylic acids is 1. The number of amides is 2. The van der Waals surface area contributed by atoms with Gasteiger partial charge in [0.05, 0.1) is 24.4 Å². The largest absolute Gasteiger partial charge is 0.373 e. The Balaban J connectivity index is 1.81. The maximum absolute atomic E-state index is 12.3. The first-order valence-electron chi connectivity index (χ1n) is 8.58. The van der Waals surface area contributed by atoms with Crippen LogP contribution in [-0.2, 0) is 11.3 Å². The van der Waals surface area contributed by atoms with Crippen molar-refractivity contribution >= 4 is 6.03 Å². The van der Waals surface area contributed by atoms with E-state index in [0.29, 0.717) is 13.1 Å². The van der Waals surface area contributed by atoms with Crippen LogP contribution in [0.2, 0.25) is 0 Å². The molecule has 1 aliphatic rings. The van der Waals surface area contributed by atoms with Crippen molar-refractivity contribution in [3.63, 3.8) is 0 Å². The fourth-order valence-corrected chi connectivity index (χ4v) is 3.11. The van der Waals surface area contributed by atoms with Crippen molar-refractivity contribution in [3.05, 3.63) is 17.0 Å². The first-order valence-corrected chi connectivity index (χ1v) is 8.58. The maximum Gasteiger partial charge on any atom is 0.317 e. The minimum Gasteiger partial charge on any atom is -0.373 e. The average Bonchev–Trinajstić information content (AvgIpc) is 2.83. The molecule has 0 saturated carbocycles. The van der Waals surface area contributed by atoms with Crippen molar-refractivity contribution in [1.82, 2.24) is 20.3 Å². The van der Waals surface area contributed by atoms with Gasteiger partial charge < -0.3 is 19.5 Å². The average molecular weight is 338 g/mol. The first-order chi connectivity index (χ1) is 11.3. The van der Waals surface area contributed by atoms with Crippen LogP contribution in [0.5, 0.6) is 0 Å². The number of rotatable bonds is 5. The number of aryl methyl sites for hydroxylation is 2. The van der Waals surface area contributed by atoms with Gasteiger partial charge in [-0.1, -0.05) is 5.16 Å². The summed E-state index contributed by atoms with van der Waals surface area (Å²) in [5.74, 6) is 0.761. The quantitative estimate of drug-likeness (QED) is 0.888. The van der Waals surface area contributed by atoms with Crippen LogP contribution in [0, 0.1) is 13.8 Å². The number of urea groups is 1. The van der Waals surface area contributed by atoms with Crippen molar-refractivity contribution in [1.29, 1.82) is 0 Å². The third-order valence-electron chi connectivity index (χ3n) is 4.54. The summed E-state index contributed by atoms with van der Waals surface area (Å²) < 4.78 is 10.9. The number of aromatic nitrogens is 1. The highest BCUT2D eigenvalue weighted by Gasteiger charge is 2.26. The zero-order valence-electron chi connectivity index (χ0n) is 15.6. The second-order valence-corrected chi connectivity index (χ2v) is 6.91. The van der Waals surface area contributed by atoms with Crippen molar-refractivity contribution in [2.24, 2.45) is 0 Å². The van der Waals surface area contributed by atoms with Gasteiger partial charge in [0.2, 0.25) is 0 Å². The highest BCUT2D eigenvalue weighted by molar-refractivity contribution is 5.73.